The van der Waals surface area contributed by atoms with E-state index in [1.807, 2.05) is 24.3 Å². The lowest BCUT2D eigenvalue weighted by molar-refractivity contribution is -0.123. The minimum absolute atomic E-state index is 0.148. The van der Waals surface area contributed by atoms with Crippen LogP contribution in [0.2, 0.25) is 5.02 Å². The molecule has 0 radical (unpaired) electrons. The van der Waals surface area contributed by atoms with Gasteiger partial charge in [0.1, 0.15) is 0 Å². The van der Waals surface area contributed by atoms with Gasteiger partial charge in [0.25, 0.3) is 5.91 Å². The number of aromatic nitrogens is 1. The second kappa shape index (κ2) is 9.64. The summed E-state index contributed by atoms with van der Waals surface area (Å²) in [7, 11) is 0. The quantitative estimate of drug-likeness (QED) is 0.398. The molecule has 1 aromatic heterocycles. The summed E-state index contributed by atoms with van der Waals surface area (Å²) in [5.74, 6) is -0.890. The van der Waals surface area contributed by atoms with Gasteiger partial charge in [-0.25, -0.2) is 9.69 Å². The third-order valence-corrected chi connectivity index (χ3v) is 6.77. The lowest BCUT2D eigenvalue weighted by atomic mass is 10.1. The molecule has 2 aliphatic rings. The number of hydrogen-bond acceptors (Lipinski definition) is 7. The van der Waals surface area contributed by atoms with Gasteiger partial charge in [0.05, 0.1) is 35.8 Å². The van der Waals surface area contributed by atoms with Crippen molar-refractivity contribution >= 4 is 51.7 Å². The Morgan fingerprint density at radius 3 is 2.51 bits per heavy atom. The highest BCUT2D eigenvalue weighted by Crippen LogP contribution is 2.30. The highest BCUT2D eigenvalue weighted by molar-refractivity contribution is 6.31. The van der Waals surface area contributed by atoms with E-state index < -0.39 is 12.0 Å². The van der Waals surface area contributed by atoms with E-state index in [4.69, 9.17) is 16.3 Å². The predicted molar refractivity (Wildman–Crippen MR) is 134 cm³/mol. The number of carbonyl (C=O) groups excluding carboxylic acids is 3. The van der Waals surface area contributed by atoms with Gasteiger partial charge in [0, 0.05) is 48.5 Å². The summed E-state index contributed by atoms with van der Waals surface area (Å²) >= 11 is 6.12. The maximum absolute atomic E-state index is 13.2. The summed E-state index contributed by atoms with van der Waals surface area (Å²) < 4.78 is 5.00. The second-order valence-corrected chi connectivity index (χ2v) is 9.01. The number of nitrogens with zero attached hydrogens (tertiary/aromatic N) is 4. The van der Waals surface area contributed by atoms with Gasteiger partial charge < -0.3 is 9.64 Å². The third-order valence-electron chi connectivity index (χ3n) is 6.54. The fraction of sp³-hybridized carbons (Fsp3) is 0.308. The van der Waals surface area contributed by atoms with Crippen molar-refractivity contribution in [3.05, 3.63) is 65.3 Å². The normalized spacial score (nSPS) is 19.0. The van der Waals surface area contributed by atoms with Gasteiger partial charge >= 0.3 is 5.97 Å². The molecule has 8 nitrogen and oxygen atoms in total. The van der Waals surface area contributed by atoms with E-state index in [-0.39, 0.29) is 24.8 Å². The summed E-state index contributed by atoms with van der Waals surface area (Å²) in [6.45, 7) is 4.81. The number of pyridine rings is 1. The number of carbonyl (C=O) groups is 3. The van der Waals surface area contributed by atoms with Crippen molar-refractivity contribution in [3.8, 4) is 0 Å². The van der Waals surface area contributed by atoms with E-state index in [0.717, 1.165) is 29.7 Å². The average molecular weight is 493 g/mol. The molecular weight excluding hydrogens is 468 g/mol. The molecule has 0 bridgehead atoms. The van der Waals surface area contributed by atoms with Crippen molar-refractivity contribution in [1.82, 2.24) is 9.88 Å². The maximum atomic E-state index is 13.2. The van der Waals surface area contributed by atoms with Gasteiger partial charge in [-0.3, -0.25) is 19.5 Å². The Balaban J connectivity index is 1.27. The van der Waals surface area contributed by atoms with Gasteiger partial charge in [0.2, 0.25) is 5.91 Å². The van der Waals surface area contributed by atoms with E-state index in [2.05, 4.69) is 14.8 Å². The summed E-state index contributed by atoms with van der Waals surface area (Å²) in [6.07, 6.45) is 1.93. The van der Waals surface area contributed by atoms with Crippen molar-refractivity contribution in [2.45, 2.75) is 19.4 Å². The molecule has 0 aliphatic carbocycles. The molecule has 2 saturated heterocycles. The molecule has 35 heavy (non-hydrogen) atoms. The van der Waals surface area contributed by atoms with Crippen molar-refractivity contribution < 1.29 is 19.1 Å². The molecule has 180 valence electrons. The van der Waals surface area contributed by atoms with Crippen molar-refractivity contribution in [3.63, 3.8) is 0 Å². The fourth-order valence-electron chi connectivity index (χ4n) is 4.79. The topological polar surface area (TPSA) is 83.1 Å². The van der Waals surface area contributed by atoms with Gasteiger partial charge in [-0.2, -0.15) is 0 Å². The summed E-state index contributed by atoms with van der Waals surface area (Å²) in [4.78, 5) is 47.9. The number of halogens is 1. The van der Waals surface area contributed by atoms with Gasteiger partial charge in [-0.05, 0) is 55.5 Å². The highest BCUT2D eigenvalue weighted by atomic mass is 35.5. The van der Waals surface area contributed by atoms with Crippen LogP contribution >= 0.6 is 11.6 Å². The van der Waals surface area contributed by atoms with Crippen LogP contribution in [0.25, 0.3) is 10.9 Å². The highest BCUT2D eigenvalue weighted by Gasteiger charge is 2.43. The zero-order valence-corrected chi connectivity index (χ0v) is 20.1. The molecule has 0 spiro atoms. The minimum Gasteiger partial charge on any atom is -0.462 e. The predicted octanol–water partition coefficient (Wildman–Crippen LogP) is 3.52. The van der Waals surface area contributed by atoms with Crippen LogP contribution in [0.5, 0.6) is 0 Å². The zero-order valence-electron chi connectivity index (χ0n) is 19.3. The number of amides is 2. The van der Waals surface area contributed by atoms with Crippen LogP contribution in [0.3, 0.4) is 0 Å². The van der Waals surface area contributed by atoms with E-state index in [0.29, 0.717) is 29.4 Å². The van der Waals surface area contributed by atoms with Gasteiger partial charge in [-0.15, -0.1) is 0 Å². The molecule has 9 heteroatoms. The first-order valence-electron chi connectivity index (χ1n) is 11.6. The number of fused-ring (bicyclic) bond motifs is 1. The Kier molecular flexibility index (Phi) is 6.40. The van der Waals surface area contributed by atoms with Gasteiger partial charge in [0.15, 0.2) is 0 Å². The monoisotopic (exact) mass is 492 g/mol. The second-order valence-electron chi connectivity index (χ2n) is 8.57. The number of imide groups is 1. The molecule has 2 amide bonds. The third kappa shape index (κ3) is 4.47. The Morgan fingerprint density at radius 1 is 1.06 bits per heavy atom. The fourth-order valence-corrected chi connectivity index (χ4v) is 4.96. The van der Waals surface area contributed by atoms with Crippen molar-refractivity contribution in [2.24, 2.45) is 0 Å². The van der Waals surface area contributed by atoms with Crippen LogP contribution in [0.15, 0.2) is 54.7 Å². The van der Waals surface area contributed by atoms with E-state index in [1.165, 1.54) is 4.90 Å². The molecule has 3 aromatic rings. The van der Waals surface area contributed by atoms with E-state index >= 15 is 0 Å². The standard InChI is InChI=1S/C26H25ClN4O4/c1-2-35-26(34)17-3-6-19(7-4-17)31-24(32)16-23(25(31)33)30-13-11-29(12-14-30)22-9-10-28-21-15-18(27)5-8-20(21)22/h3-10,15,23H,2,11-14,16H2,1H3. The molecule has 2 aromatic carbocycles. The Hall–Kier alpha value is -3.49. The molecule has 2 fully saturated rings. The summed E-state index contributed by atoms with van der Waals surface area (Å²) in [5.41, 5.74) is 2.78. The summed E-state index contributed by atoms with van der Waals surface area (Å²) in [5, 5.41) is 1.69. The lowest BCUT2D eigenvalue weighted by Gasteiger charge is -2.38. The molecule has 0 saturated carbocycles. The van der Waals surface area contributed by atoms with Crippen LogP contribution in [-0.4, -0.2) is 66.5 Å². The van der Waals surface area contributed by atoms with Crippen LogP contribution < -0.4 is 9.80 Å². The molecule has 1 unspecified atom stereocenters. The Labute approximate surface area is 208 Å². The smallest absolute Gasteiger partial charge is 0.338 e. The number of ether oxygens (including phenoxy) is 1. The lowest BCUT2D eigenvalue weighted by Crippen LogP contribution is -2.52. The molecule has 3 heterocycles. The number of piperazine rings is 1. The van der Waals surface area contributed by atoms with Crippen LogP contribution in [0.1, 0.15) is 23.7 Å². The van der Waals surface area contributed by atoms with E-state index in [1.54, 1.807) is 37.4 Å². The number of benzene rings is 2. The Bertz CT molecular complexity index is 1290. The molecule has 0 N–H and O–H groups in total. The first-order valence-corrected chi connectivity index (χ1v) is 12.0. The number of rotatable bonds is 5. The van der Waals surface area contributed by atoms with Crippen LogP contribution in [0, 0.1) is 0 Å². The molecule has 1 atom stereocenters. The minimum atomic E-state index is -0.484. The molecular formula is C26H25ClN4O4. The molecule has 2 aliphatic heterocycles. The largest absolute Gasteiger partial charge is 0.462 e. The summed E-state index contributed by atoms with van der Waals surface area (Å²) in [6, 6.07) is 13.6. The van der Waals surface area contributed by atoms with Crippen molar-refractivity contribution in [1.29, 1.82) is 0 Å². The first-order chi connectivity index (χ1) is 17.0. The number of esters is 1. The van der Waals surface area contributed by atoms with Crippen LogP contribution in [-0.2, 0) is 14.3 Å². The maximum Gasteiger partial charge on any atom is 0.338 e. The Morgan fingerprint density at radius 2 is 1.80 bits per heavy atom. The van der Waals surface area contributed by atoms with Gasteiger partial charge in [-0.1, -0.05) is 11.6 Å². The average Bonchev–Trinajstić information content (AvgIpc) is 3.17. The SMILES string of the molecule is CCOC(=O)c1ccc(N2C(=O)CC(N3CCN(c4ccnc5cc(Cl)ccc45)CC3)C2=O)cc1. The van der Waals surface area contributed by atoms with E-state index in [9.17, 15) is 14.4 Å². The zero-order chi connectivity index (χ0) is 24.5. The first kappa shape index (κ1) is 23.3. The number of anilines is 2. The molecule has 5 rings (SSSR count). The van der Waals surface area contributed by atoms with Crippen molar-refractivity contribution in [2.75, 3.05) is 42.6 Å². The van der Waals surface area contributed by atoms with Crippen LogP contribution in [0.4, 0.5) is 11.4 Å². The number of hydrogen-bond donors (Lipinski definition) is 0.